The molecule has 2 aromatic carbocycles. The van der Waals surface area contributed by atoms with Crippen LogP contribution in [0.25, 0.3) is 0 Å². The highest BCUT2D eigenvalue weighted by atomic mass is 79.9. The average Bonchev–Trinajstić information content (AvgIpc) is 2.69. The van der Waals surface area contributed by atoms with Crippen LogP contribution in [-0.2, 0) is 11.3 Å². The summed E-state index contributed by atoms with van der Waals surface area (Å²) in [6, 6.07) is 16.5. The summed E-state index contributed by atoms with van der Waals surface area (Å²) < 4.78 is 0.914. The van der Waals surface area contributed by atoms with Crippen LogP contribution in [-0.4, -0.2) is 48.7 Å². The van der Waals surface area contributed by atoms with Gasteiger partial charge in [0, 0.05) is 42.5 Å². The molecule has 6 heteroatoms. The second-order valence-corrected chi connectivity index (χ2v) is 7.77. The zero-order valence-electron chi connectivity index (χ0n) is 16.2. The normalized spacial score (nSPS) is 10.5. The van der Waals surface area contributed by atoms with Crippen LogP contribution in [0.1, 0.15) is 34.3 Å². The van der Waals surface area contributed by atoms with E-state index >= 15 is 0 Å². The van der Waals surface area contributed by atoms with Crippen LogP contribution in [0.3, 0.4) is 0 Å². The molecule has 146 valence electrons. The predicted octanol–water partition coefficient (Wildman–Crippen LogP) is 3.87. The third-order valence-corrected chi connectivity index (χ3v) is 4.89. The lowest BCUT2D eigenvalue weighted by molar-refractivity contribution is -0.131. The molecule has 5 nitrogen and oxygen atoms in total. The topological polar surface area (TPSA) is 64.4 Å². The standard InChI is InChI=1S/C22H24BrN3O2/c1-25(2)13-14-26(16-18-5-3-17(15-24)4-6-18)22(28)12-11-21(27)19-7-9-20(23)10-8-19/h3-10H,11-14,16H2,1-2H3. The molecule has 0 saturated carbocycles. The summed E-state index contributed by atoms with van der Waals surface area (Å²) in [4.78, 5) is 28.9. The first-order valence-electron chi connectivity index (χ1n) is 9.09. The summed E-state index contributed by atoms with van der Waals surface area (Å²) in [7, 11) is 3.92. The van der Waals surface area contributed by atoms with Crippen LogP contribution in [0.15, 0.2) is 53.0 Å². The van der Waals surface area contributed by atoms with Crippen molar-refractivity contribution in [3.05, 3.63) is 69.7 Å². The molecule has 28 heavy (non-hydrogen) atoms. The number of hydrogen-bond acceptors (Lipinski definition) is 4. The van der Waals surface area contributed by atoms with Gasteiger partial charge in [0.15, 0.2) is 5.78 Å². The Balaban J connectivity index is 2.00. The highest BCUT2D eigenvalue weighted by Crippen LogP contribution is 2.14. The Morgan fingerprint density at radius 3 is 2.18 bits per heavy atom. The third-order valence-electron chi connectivity index (χ3n) is 4.36. The van der Waals surface area contributed by atoms with E-state index in [2.05, 4.69) is 22.0 Å². The van der Waals surface area contributed by atoms with Crippen LogP contribution in [0.5, 0.6) is 0 Å². The zero-order chi connectivity index (χ0) is 20.5. The third kappa shape index (κ3) is 6.91. The predicted molar refractivity (Wildman–Crippen MR) is 113 cm³/mol. The number of hydrogen-bond donors (Lipinski definition) is 0. The molecule has 0 bridgehead atoms. The van der Waals surface area contributed by atoms with Crippen LogP contribution >= 0.6 is 15.9 Å². The molecule has 0 radical (unpaired) electrons. The molecule has 0 saturated heterocycles. The largest absolute Gasteiger partial charge is 0.337 e. The molecule has 2 aromatic rings. The Kier molecular flexibility index (Phi) is 8.37. The fourth-order valence-electron chi connectivity index (χ4n) is 2.68. The maximum absolute atomic E-state index is 12.8. The fraction of sp³-hybridized carbons (Fsp3) is 0.318. The number of carbonyl (C=O) groups is 2. The first-order valence-corrected chi connectivity index (χ1v) is 9.88. The summed E-state index contributed by atoms with van der Waals surface area (Å²) in [5.74, 6) is -0.0801. The lowest BCUT2D eigenvalue weighted by atomic mass is 10.1. The van der Waals surface area contributed by atoms with Gasteiger partial charge in [0.1, 0.15) is 0 Å². The molecule has 0 fully saturated rings. The van der Waals surface area contributed by atoms with Crippen molar-refractivity contribution in [3.8, 4) is 6.07 Å². The van der Waals surface area contributed by atoms with E-state index in [1.807, 2.05) is 43.3 Å². The number of Topliss-reactive ketones (excluding diaryl/α,β-unsaturated/α-hetero) is 1. The van der Waals surface area contributed by atoms with Crippen molar-refractivity contribution < 1.29 is 9.59 Å². The van der Waals surface area contributed by atoms with Gasteiger partial charge in [0.05, 0.1) is 11.6 Å². The van der Waals surface area contributed by atoms with Crippen molar-refractivity contribution in [2.24, 2.45) is 0 Å². The maximum Gasteiger partial charge on any atom is 0.223 e. The number of carbonyl (C=O) groups excluding carboxylic acids is 2. The van der Waals surface area contributed by atoms with Crippen molar-refractivity contribution in [2.75, 3.05) is 27.2 Å². The number of likely N-dealkylation sites (N-methyl/N-ethyl adjacent to an activating group) is 1. The summed E-state index contributed by atoms with van der Waals surface area (Å²) >= 11 is 3.35. The van der Waals surface area contributed by atoms with Gasteiger partial charge >= 0.3 is 0 Å². The van der Waals surface area contributed by atoms with Crippen molar-refractivity contribution >= 4 is 27.6 Å². The van der Waals surface area contributed by atoms with E-state index in [4.69, 9.17) is 5.26 Å². The van der Waals surface area contributed by atoms with E-state index < -0.39 is 0 Å². The number of nitrogens with zero attached hydrogens (tertiary/aromatic N) is 3. The summed E-state index contributed by atoms with van der Waals surface area (Å²) in [6.45, 7) is 1.78. The minimum absolute atomic E-state index is 0.0354. The minimum Gasteiger partial charge on any atom is -0.337 e. The Hall–Kier alpha value is -2.49. The van der Waals surface area contributed by atoms with E-state index in [-0.39, 0.29) is 24.5 Å². The van der Waals surface area contributed by atoms with Gasteiger partial charge < -0.3 is 9.80 Å². The lowest BCUT2D eigenvalue weighted by Gasteiger charge is -2.24. The van der Waals surface area contributed by atoms with Crippen LogP contribution in [0.4, 0.5) is 0 Å². The van der Waals surface area contributed by atoms with Gasteiger partial charge in [-0.1, -0.05) is 40.2 Å². The Bertz CT molecular complexity index is 840. The molecular weight excluding hydrogens is 418 g/mol. The van der Waals surface area contributed by atoms with Crippen LogP contribution in [0.2, 0.25) is 0 Å². The number of amides is 1. The number of rotatable bonds is 9. The van der Waals surface area contributed by atoms with E-state index in [0.29, 0.717) is 24.2 Å². The van der Waals surface area contributed by atoms with Gasteiger partial charge in [-0.25, -0.2) is 0 Å². The molecule has 0 heterocycles. The van der Waals surface area contributed by atoms with E-state index in [9.17, 15) is 9.59 Å². The SMILES string of the molecule is CN(C)CCN(Cc1ccc(C#N)cc1)C(=O)CCC(=O)c1ccc(Br)cc1. The molecule has 0 aliphatic carbocycles. The first-order chi connectivity index (χ1) is 13.4. The molecule has 0 unspecified atom stereocenters. The molecule has 0 aliphatic heterocycles. The molecule has 0 N–H and O–H groups in total. The van der Waals surface area contributed by atoms with Crippen LogP contribution < -0.4 is 0 Å². The smallest absolute Gasteiger partial charge is 0.223 e. The van der Waals surface area contributed by atoms with Gasteiger partial charge in [-0.2, -0.15) is 5.26 Å². The monoisotopic (exact) mass is 441 g/mol. The Labute approximate surface area is 174 Å². The van der Waals surface area contributed by atoms with Crippen molar-refractivity contribution in [1.82, 2.24) is 9.80 Å². The second-order valence-electron chi connectivity index (χ2n) is 6.86. The maximum atomic E-state index is 12.8. The highest BCUT2D eigenvalue weighted by molar-refractivity contribution is 9.10. The first kappa shape index (κ1) is 21.8. The van der Waals surface area contributed by atoms with Gasteiger partial charge in [-0.3, -0.25) is 9.59 Å². The van der Waals surface area contributed by atoms with Crippen LogP contribution in [0, 0.1) is 11.3 Å². The highest BCUT2D eigenvalue weighted by Gasteiger charge is 2.16. The van der Waals surface area contributed by atoms with Gasteiger partial charge in [-0.15, -0.1) is 0 Å². The van der Waals surface area contributed by atoms with Gasteiger partial charge in [0.2, 0.25) is 5.91 Å². The minimum atomic E-state index is -0.0447. The van der Waals surface area contributed by atoms with E-state index in [1.54, 1.807) is 29.2 Å². The second kappa shape index (κ2) is 10.7. The zero-order valence-corrected chi connectivity index (χ0v) is 17.8. The molecule has 0 aromatic heterocycles. The van der Waals surface area contributed by atoms with Crippen molar-refractivity contribution in [2.45, 2.75) is 19.4 Å². The molecule has 2 rings (SSSR count). The van der Waals surface area contributed by atoms with Gasteiger partial charge in [0.25, 0.3) is 0 Å². The molecule has 0 aliphatic rings. The lowest BCUT2D eigenvalue weighted by Crippen LogP contribution is -2.36. The van der Waals surface area contributed by atoms with Crippen molar-refractivity contribution in [3.63, 3.8) is 0 Å². The molecule has 0 atom stereocenters. The Morgan fingerprint density at radius 1 is 0.964 bits per heavy atom. The summed E-state index contributed by atoms with van der Waals surface area (Å²) in [6.07, 6.45) is 0.366. The van der Waals surface area contributed by atoms with E-state index in [1.165, 1.54) is 0 Å². The quantitative estimate of drug-likeness (QED) is 0.553. The summed E-state index contributed by atoms with van der Waals surface area (Å²) in [5, 5.41) is 8.92. The molecule has 0 spiro atoms. The Morgan fingerprint density at radius 2 is 1.61 bits per heavy atom. The summed E-state index contributed by atoms with van der Waals surface area (Å²) in [5.41, 5.74) is 2.17. The fourth-order valence-corrected chi connectivity index (χ4v) is 2.94. The number of halogens is 1. The van der Waals surface area contributed by atoms with Gasteiger partial charge in [-0.05, 0) is 43.9 Å². The molecule has 1 amide bonds. The number of ketones is 1. The van der Waals surface area contributed by atoms with E-state index in [0.717, 1.165) is 16.6 Å². The molecular formula is C22H24BrN3O2. The van der Waals surface area contributed by atoms with Crippen molar-refractivity contribution in [1.29, 1.82) is 5.26 Å². The number of nitriles is 1. The average molecular weight is 442 g/mol. The number of benzene rings is 2.